The van der Waals surface area contributed by atoms with E-state index in [0.29, 0.717) is 0 Å². The van der Waals surface area contributed by atoms with Gasteiger partial charge in [0.05, 0.1) is 13.0 Å². The number of rotatable bonds is 5. The molecule has 0 unspecified atom stereocenters. The third-order valence-corrected chi connectivity index (χ3v) is 1.66. The summed E-state index contributed by atoms with van der Waals surface area (Å²) >= 11 is 0. The first-order valence-corrected chi connectivity index (χ1v) is 5.53. The summed E-state index contributed by atoms with van der Waals surface area (Å²) in [5, 5.41) is 10.9. The molecule has 0 heterocycles. The third-order valence-electron chi connectivity index (χ3n) is 1.66. The average Bonchev–Trinajstić information content (AvgIpc) is 2.13. The molecule has 0 rings (SSSR count). The van der Waals surface area contributed by atoms with Gasteiger partial charge in [-0.25, -0.2) is 9.59 Å². The highest BCUT2D eigenvalue weighted by Crippen LogP contribution is 2.09. The Morgan fingerprint density at radius 3 is 2.22 bits per heavy atom. The maximum absolute atomic E-state index is 11.4. The largest absolute Gasteiger partial charge is 0.480 e. The van der Waals surface area contributed by atoms with Gasteiger partial charge in [-0.15, -0.1) is 0 Å². The van der Waals surface area contributed by atoms with Crippen molar-refractivity contribution in [3.05, 3.63) is 0 Å². The summed E-state index contributed by atoms with van der Waals surface area (Å²) in [6.07, 6.45) is -1.33. The van der Waals surface area contributed by atoms with Crippen molar-refractivity contribution in [1.29, 1.82) is 0 Å². The molecule has 0 fully saturated rings. The first-order chi connectivity index (χ1) is 8.15. The number of carboxylic acids is 1. The highest BCUT2D eigenvalue weighted by molar-refractivity contribution is 5.85. The SMILES string of the molecule is CCOC(=O)N[C@@H](CC(=O)OC(C)(C)C)C(=O)O. The van der Waals surface area contributed by atoms with Gasteiger partial charge in [-0.05, 0) is 27.7 Å². The van der Waals surface area contributed by atoms with E-state index in [1.54, 1.807) is 27.7 Å². The lowest BCUT2D eigenvalue weighted by Gasteiger charge is -2.21. The van der Waals surface area contributed by atoms with Gasteiger partial charge in [-0.3, -0.25) is 4.79 Å². The van der Waals surface area contributed by atoms with Crippen molar-refractivity contribution in [1.82, 2.24) is 5.32 Å². The monoisotopic (exact) mass is 261 g/mol. The number of aliphatic carboxylic acids is 1. The number of hydrogen-bond acceptors (Lipinski definition) is 5. The van der Waals surface area contributed by atoms with Gasteiger partial charge < -0.3 is 19.9 Å². The van der Waals surface area contributed by atoms with E-state index in [1.807, 2.05) is 0 Å². The first kappa shape index (κ1) is 16.2. The summed E-state index contributed by atoms with van der Waals surface area (Å²) in [6.45, 7) is 6.70. The lowest BCUT2D eigenvalue weighted by atomic mass is 10.1. The van der Waals surface area contributed by atoms with Crippen LogP contribution < -0.4 is 5.32 Å². The van der Waals surface area contributed by atoms with Gasteiger partial charge in [-0.2, -0.15) is 0 Å². The maximum atomic E-state index is 11.4. The molecule has 7 nitrogen and oxygen atoms in total. The Labute approximate surface area is 105 Å². The first-order valence-electron chi connectivity index (χ1n) is 5.53. The minimum Gasteiger partial charge on any atom is -0.480 e. The molecule has 0 spiro atoms. The number of esters is 1. The van der Waals surface area contributed by atoms with Crippen LogP contribution in [0.2, 0.25) is 0 Å². The number of nitrogens with one attached hydrogen (secondary N) is 1. The molecule has 0 saturated carbocycles. The summed E-state index contributed by atoms with van der Waals surface area (Å²) in [5.41, 5.74) is -0.704. The molecule has 1 amide bonds. The maximum Gasteiger partial charge on any atom is 0.407 e. The van der Waals surface area contributed by atoms with E-state index in [9.17, 15) is 14.4 Å². The minimum absolute atomic E-state index is 0.116. The van der Waals surface area contributed by atoms with Crippen LogP contribution in [0, 0.1) is 0 Å². The van der Waals surface area contributed by atoms with Crippen LogP contribution in [0.1, 0.15) is 34.1 Å². The molecule has 0 aromatic carbocycles. The van der Waals surface area contributed by atoms with Crippen LogP contribution in [0.3, 0.4) is 0 Å². The molecular formula is C11H19NO6. The molecule has 1 atom stereocenters. The van der Waals surface area contributed by atoms with Crippen LogP contribution in [-0.4, -0.2) is 41.4 Å². The van der Waals surface area contributed by atoms with E-state index in [2.05, 4.69) is 10.1 Å². The summed E-state index contributed by atoms with van der Waals surface area (Å²) in [6, 6.07) is -1.36. The Hall–Kier alpha value is -1.79. The second-order valence-electron chi connectivity index (χ2n) is 4.55. The van der Waals surface area contributed by atoms with Crippen LogP contribution in [0.5, 0.6) is 0 Å². The van der Waals surface area contributed by atoms with E-state index in [1.165, 1.54) is 0 Å². The molecule has 0 bridgehead atoms. The Bertz CT molecular complexity index is 320. The van der Waals surface area contributed by atoms with E-state index in [4.69, 9.17) is 9.84 Å². The Morgan fingerprint density at radius 2 is 1.83 bits per heavy atom. The van der Waals surface area contributed by atoms with Gasteiger partial charge in [0.2, 0.25) is 0 Å². The minimum atomic E-state index is -1.36. The molecule has 2 N–H and O–H groups in total. The molecular weight excluding hydrogens is 242 g/mol. The summed E-state index contributed by atoms with van der Waals surface area (Å²) < 4.78 is 9.51. The smallest absolute Gasteiger partial charge is 0.407 e. The zero-order chi connectivity index (χ0) is 14.3. The van der Waals surface area contributed by atoms with Crippen LogP contribution >= 0.6 is 0 Å². The number of ether oxygens (including phenoxy) is 2. The van der Waals surface area contributed by atoms with Gasteiger partial charge in [0.15, 0.2) is 0 Å². The predicted octanol–water partition coefficient (Wildman–Crippen LogP) is 0.918. The molecule has 0 aromatic heterocycles. The number of carboxylic acid groups (broad SMARTS) is 1. The number of amides is 1. The van der Waals surface area contributed by atoms with Gasteiger partial charge in [0.1, 0.15) is 11.6 Å². The number of hydrogen-bond donors (Lipinski definition) is 2. The molecule has 0 aromatic rings. The quantitative estimate of drug-likeness (QED) is 0.713. The average molecular weight is 261 g/mol. The van der Waals surface area contributed by atoms with Gasteiger partial charge in [0.25, 0.3) is 0 Å². The van der Waals surface area contributed by atoms with E-state index in [0.717, 1.165) is 0 Å². The van der Waals surface area contributed by atoms with Gasteiger partial charge >= 0.3 is 18.0 Å². The Kier molecular flexibility index (Phi) is 6.15. The zero-order valence-corrected chi connectivity index (χ0v) is 11.0. The molecule has 0 aliphatic carbocycles. The number of alkyl carbamates (subject to hydrolysis) is 1. The summed E-state index contributed by atoms with van der Waals surface area (Å²) in [7, 11) is 0. The topological polar surface area (TPSA) is 102 Å². The number of carbonyl (C=O) groups is 3. The predicted molar refractivity (Wildman–Crippen MR) is 62.0 cm³/mol. The van der Waals surface area contributed by atoms with Crippen LogP contribution in [0.15, 0.2) is 0 Å². The molecule has 104 valence electrons. The summed E-state index contributed by atoms with van der Waals surface area (Å²) in [4.78, 5) is 33.4. The van der Waals surface area contributed by atoms with E-state index in [-0.39, 0.29) is 6.61 Å². The zero-order valence-electron chi connectivity index (χ0n) is 11.0. The van der Waals surface area contributed by atoms with Crippen molar-refractivity contribution in [3.63, 3.8) is 0 Å². The number of carbonyl (C=O) groups excluding carboxylic acids is 2. The highest BCUT2D eigenvalue weighted by Gasteiger charge is 2.26. The van der Waals surface area contributed by atoms with Gasteiger partial charge in [0, 0.05) is 0 Å². The third kappa shape index (κ3) is 7.48. The van der Waals surface area contributed by atoms with Crippen molar-refractivity contribution >= 4 is 18.0 Å². The lowest BCUT2D eigenvalue weighted by Crippen LogP contribution is -2.43. The standard InChI is InChI=1S/C11H19NO6/c1-5-17-10(16)12-7(9(14)15)6-8(13)18-11(2,3)4/h7H,5-6H2,1-4H3,(H,12,16)(H,14,15)/t7-/m0/s1. The fourth-order valence-corrected chi connectivity index (χ4v) is 1.06. The van der Waals surface area contributed by atoms with Crippen molar-refractivity contribution in [3.8, 4) is 0 Å². The van der Waals surface area contributed by atoms with Crippen molar-refractivity contribution < 1.29 is 29.0 Å². The summed E-state index contributed by atoms with van der Waals surface area (Å²) in [5.74, 6) is -2.03. The highest BCUT2D eigenvalue weighted by atomic mass is 16.6. The van der Waals surface area contributed by atoms with Crippen molar-refractivity contribution in [2.75, 3.05) is 6.61 Å². The van der Waals surface area contributed by atoms with Crippen LogP contribution in [0.25, 0.3) is 0 Å². The van der Waals surface area contributed by atoms with Crippen molar-refractivity contribution in [2.24, 2.45) is 0 Å². The normalized spacial score (nSPS) is 12.4. The molecule has 0 aliphatic heterocycles. The fraction of sp³-hybridized carbons (Fsp3) is 0.727. The second kappa shape index (κ2) is 6.83. The van der Waals surface area contributed by atoms with E-state index >= 15 is 0 Å². The van der Waals surface area contributed by atoms with Crippen molar-refractivity contribution in [2.45, 2.75) is 45.8 Å². The Morgan fingerprint density at radius 1 is 1.28 bits per heavy atom. The van der Waals surface area contributed by atoms with Crippen LogP contribution in [0.4, 0.5) is 4.79 Å². The lowest BCUT2D eigenvalue weighted by molar-refractivity contribution is -0.158. The van der Waals surface area contributed by atoms with Gasteiger partial charge in [-0.1, -0.05) is 0 Å². The molecule has 0 aliphatic rings. The molecule has 0 saturated heterocycles. The fourth-order valence-electron chi connectivity index (χ4n) is 1.06. The Balaban J connectivity index is 4.41. The van der Waals surface area contributed by atoms with E-state index < -0.39 is 36.1 Å². The molecule has 7 heteroatoms. The van der Waals surface area contributed by atoms with Crippen LogP contribution in [-0.2, 0) is 19.1 Å². The molecule has 18 heavy (non-hydrogen) atoms. The second-order valence-corrected chi connectivity index (χ2v) is 4.55. The molecule has 0 radical (unpaired) electrons.